The summed E-state index contributed by atoms with van der Waals surface area (Å²) in [4.78, 5) is 12.2. The van der Waals surface area contributed by atoms with E-state index in [1.54, 1.807) is 18.2 Å². The highest BCUT2D eigenvalue weighted by Crippen LogP contribution is 2.28. The van der Waals surface area contributed by atoms with Crippen molar-refractivity contribution in [2.24, 2.45) is 0 Å². The molecule has 1 aromatic carbocycles. The fourth-order valence-electron chi connectivity index (χ4n) is 2.49. The molecule has 0 heterocycles. The molecule has 98 valence electrons. The molecule has 0 bridgehead atoms. The molecule has 1 aliphatic carbocycles. The number of aromatic hydroxyl groups is 1. The fourth-order valence-corrected chi connectivity index (χ4v) is 2.98. The van der Waals surface area contributed by atoms with E-state index in [4.69, 9.17) is 0 Å². The van der Waals surface area contributed by atoms with Gasteiger partial charge in [-0.05, 0) is 60.6 Å². The molecular weight excluding hydrogens is 341 g/mol. The molecule has 2 N–H and O–H groups in total. The predicted molar refractivity (Wildman–Crippen MR) is 79.8 cm³/mol. The summed E-state index contributed by atoms with van der Waals surface area (Å²) < 4.78 is 0.948. The molecule has 0 unspecified atom stereocenters. The van der Waals surface area contributed by atoms with E-state index in [1.807, 2.05) is 0 Å². The lowest BCUT2D eigenvalue weighted by atomic mass is 9.83. The zero-order valence-electron chi connectivity index (χ0n) is 10.5. The lowest BCUT2D eigenvalue weighted by Crippen LogP contribution is -2.47. The van der Waals surface area contributed by atoms with Gasteiger partial charge in [0.1, 0.15) is 5.75 Å². The summed E-state index contributed by atoms with van der Waals surface area (Å²) in [6.45, 7) is 2.09. The molecule has 1 aliphatic rings. The van der Waals surface area contributed by atoms with Crippen LogP contribution in [0.25, 0.3) is 0 Å². The normalized spacial score (nSPS) is 18.3. The lowest BCUT2D eigenvalue weighted by Gasteiger charge is -2.34. The minimum atomic E-state index is -0.171. The van der Waals surface area contributed by atoms with Crippen molar-refractivity contribution >= 4 is 28.5 Å². The third-order valence-electron chi connectivity index (χ3n) is 3.58. The number of benzene rings is 1. The van der Waals surface area contributed by atoms with Crippen LogP contribution >= 0.6 is 22.6 Å². The van der Waals surface area contributed by atoms with E-state index in [9.17, 15) is 9.90 Å². The fraction of sp³-hybridized carbons (Fsp3) is 0.500. The van der Waals surface area contributed by atoms with Gasteiger partial charge in [0.15, 0.2) is 0 Å². The number of amides is 1. The minimum Gasteiger partial charge on any atom is -0.507 e. The van der Waals surface area contributed by atoms with E-state index in [0.29, 0.717) is 5.56 Å². The highest BCUT2D eigenvalue weighted by molar-refractivity contribution is 14.1. The molecular formula is C14H18INO2. The van der Waals surface area contributed by atoms with E-state index in [0.717, 1.165) is 29.3 Å². The van der Waals surface area contributed by atoms with Gasteiger partial charge >= 0.3 is 0 Å². The molecule has 1 amide bonds. The van der Waals surface area contributed by atoms with Gasteiger partial charge in [-0.25, -0.2) is 0 Å². The van der Waals surface area contributed by atoms with Crippen LogP contribution < -0.4 is 5.32 Å². The summed E-state index contributed by atoms with van der Waals surface area (Å²) in [5.41, 5.74) is 0.247. The summed E-state index contributed by atoms with van der Waals surface area (Å²) in [5, 5.41) is 12.8. The molecule has 3 nitrogen and oxygen atoms in total. The van der Waals surface area contributed by atoms with Crippen molar-refractivity contribution in [3.63, 3.8) is 0 Å². The number of nitrogens with one attached hydrogen (secondary N) is 1. The highest BCUT2D eigenvalue weighted by Gasteiger charge is 2.29. The first-order valence-corrected chi connectivity index (χ1v) is 7.39. The number of halogens is 1. The van der Waals surface area contributed by atoms with E-state index < -0.39 is 0 Å². The molecule has 4 heteroatoms. The van der Waals surface area contributed by atoms with E-state index >= 15 is 0 Å². The van der Waals surface area contributed by atoms with E-state index in [2.05, 4.69) is 34.8 Å². The standard InChI is InChI=1S/C14H18INO2/c1-14(7-3-2-4-8-14)16-13(18)11-9-10(15)5-6-12(11)17/h5-6,9,17H,2-4,7-8H2,1H3,(H,16,18). The van der Waals surface area contributed by atoms with Crippen LogP contribution in [0.3, 0.4) is 0 Å². The van der Waals surface area contributed by atoms with Crippen molar-refractivity contribution in [2.75, 3.05) is 0 Å². The SMILES string of the molecule is CC1(NC(=O)c2cc(I)ccc2O)CCCCC1. The van der Waals surface area contributed by atoms with Crippen molar-refractivity contribution in [3.05, 3.63) is 27.3 Å². The Balaban J connectivity index is 2.14. The third-order valence-corrected chi connectivity index (χ3v) is 4.25. The first-order valence-electron chi connectivity index (χ1n) is 6.31. The number of carbonyl (C=O) groups excluding carboxylic acids is 1. The minimum absolute atomic E-state index is 0.0484. The summed E-state index contributed by atoms with van der Waals surface area (Å²) in [5.74, 6) is -0.122. The number of phenolic OH excluding ortho intramolecular Hbond substituents is 1. The Kier molecular flexibility index (Phi) is 4.14. The van der Waals surface area contributed by atoms with Crippen LogP contribution in [0.15, 0.2) is 18.2 Å². The second kappa shape index (κ2) is 5.47. The maximum atomic E-state index is 12.2. The van der Waals surface area contributed by atoms with Crippen molar-refractivity contribution in [3.8, 4) is 5.75 Å². The Hall–Kier alpha value is -0.780. The molecule has 1 aromatic rings. The third kappa shape index (κ3) is 3.16. The Morgan fingerprint density at radius 3 is 2.67 bits per heavy atom. The molecule has 0 saturated heterocycles. The molecule has 1 saturated carbocycles. The Morgan fingerprint density at radius 1 is 1.33 bits per heavy atom. The second-order valence-electron chi connectivity index (χ2n) is 5.24. The van der Waals surface area contributed by atoms with Crippen molar-refractivity contribution in [2.45, 2.75) is 44.6 Å². The summed E-state index contributed by atoms with van der Waals surface area (Å²) >= 11 is 2.14. The quantitative estimate of drug-likeness (QED) is 0.795. The topological polar surface area (TPSA) is 49.3 Å². The number of rotatable bonds is 2. The summed E-state index contributed by atoms with van der Waals surface area (Å²) in [6, 6.07) is 5.08. The highest BCUT2D eigenvalue weighted by atomic mass is 127. The number of carbonyl (C=O) groups is 1. The van der Waals surface area contributed by atoms with E-state index in [-0.39, 0.29) is 17.2 Å². The summed E-state index contributed by atoms with van der Waals surface area (Å²) in [6.07, 6.45) is 5.61. The largest absolute Gasteiger partial charge is 0.507 e. The van der Waals surface area contributed by atoms with Crippen LogP contribution in [0, 0.1) is 3.57 Å². The lowest BCUT2D eigenvalue weighted by molar-refractivity contribution is 0.0880. The number of hydrogen-bond acceptors (Lipinski definition) is 2. The van der Waals surface area contributed by atoms with Gasteiger partial charge in [-0.2, -0.15) is 0 Å². The van der Waals surface area contributed by atoms with Gasteiger partial charge in [0, 0.05) is 9.11 Å². The zero-order chi connectivity index (χ0) is 13.2. The zero-order valence-corrected chi connectivity index (χ0v) is 12.7. The van der Waals surface area contributed by atoms with Crippen LogP contribution in [-0.4, -0.2) is 16.6 Å². The van der Waals surface area contributed by atoms with Gasteiger partial charge in [0.05, 0.1) is 5.56 Å². The monoisotopic (exact) mass is 359 g/mol. The Labute approximate surface area is 121 Å². The molecule has 0 atom stereocenters. The van der Waals surface area contributed by atoms with Crippen LogP contribution in [0.1, 0.15) is 49.4 Å². The summed E-state index contributed by atoms with van der Waals surface area (Å²) in [7, 11) is 0. The number of hydrogen-bond donors (Lipinski definition) is 2. The smallest absolute Gasteiger partial charge is 0.255 e. The first kappa shape index (κ1) is 13.6. The van der Waals surface area contributed by atoms with Gasteiger partial charge in [-0.1, -0.05) is 19.3 Å². The molecule has 2 rings (SSSR count). The average molecular weight is 359 g/mol. The molecule has 0 aromatic heterocycles. The van der Waals surface area contributed by atoms with Gasteiger partial charge in [0.25, 0.3) is 5.91 Å². The van der Waals surface area contributed by atoms with Crippen molar-refractivity contribution < 1.29 is 9.90 Å². The molecule has 0 radical (unpaired) electrons. The van der Waals surface area contributed by atoms with Gasteiger partial charge in [0.2, 0.25) is 0 Å². The van der Waals surface area contributed by atoms with Gasteiger partial charge in [-0.15, -0.1) is 0 Å². The second-order valence-corrected chi connectivity index (χ2v) is 6.48. The van der Waals surface area contributed by atoms with Crippen LogP contribution in [0.5, 0.6) is 5.75 Å². The maximum absolute atomic E-state index is 12.2. The van der Waals surface area contributed by atoms with Crippen molar-refractivity contribution in [1.82, 2.24) is 5.32 Å². The predicted octanol–water partition coefficient (Wildman–Crippen LogP) is 3.45. The maximum Gasteiger partial charge on any atom is 0.255 e. The van der Waals surface area contributed by atoms with Crippen LogP contribution in [0.4, 0.5) is 0 Å². The molecule has 0 spiro atoms. The molecule has 18 heavy (non-hydrogen) atoms. The first-order chi connectivity index (χ1) is 8.50. The van der Waals surface area contributed by atoms with E-state index in [1.165, 1.54) is 6.42 Å². The van der Waals surface area contributed by atoms with Crippen LogP contribution in [0.2, 0.25) is 0 Å². The van der Waals surface area contributed by atoms with Crippen molar-refractivity contribution in [1.29, 1.82) is 0 Å². The van der Waals surface area contributed by atoms with Gasteiger partial charge < -0.3 is 10.4 Å². The molecule has 0 aliphatic heterocycles. The Morgan fingerprint density at radius 2 is 2.00 bits per heavy atom. The Bertz CT molecular complexity index is 453. The van der Waals surface area contributed by atoms with Gasteiger partial charge in [-0.3, -0.25) is 4.79 Å². The number of phenols is 1. The molecule has 1 fully saturated rings. The average Bonchev–Trinajstić information content (AvgIpc) is 2.32. The van der Waals surface area contributed by atoms with Crippen LogP contribution in [-0.2, 0) is 0 Å².